The highest BCUT2D eigenvalue weighted by molar-refractivity contribution is 5.77. The maximum atomic E-state index is 13.1. The molecule has 1 aliphatic heterocycles. The number of benzene rings is 1. The van der Waals surface area contributed by atoms with Crippen molar-refractivity contribution in [2.75, 3.05) is 32.7 Å². The fraction of sp³-hybridized carbons (Fsp3) is 0.333. The van der Waals surface area contributed by atoms with E-state index in [1.807, 2.05) is 60.0 Å². The molecule has 1 amide bonds. The molecule has 1 aromatic carbocycles. The van der Waals surface area contributed by atoms with Gasteiger partial charge in [-0.3, -0.25) is 14.7 Å². The van der Waals surface area contributed by atoms with Crippen LogP contribution in [0.3, 0.4) is 0 Å². The third-order valence-corrected chi connectivity index (χ3v) is 5.73. The minimum atomic E-state index is 0.0448. The standard InChI is InChI=1S/C24H28N4O/c29-24(20-23(27-13-4-5-14-27)22-6-2-1-3-7-22)28-18-16-26(17-19-28)15-10-21-8-11-25-12-9-21/h1-9,11-14,23H,10,15-20H2. The largest absolute Gasteiger partial charge is 0.346 e. The van der Waals surface area contributed by atoms with E-state index < -0.39 is 0 Å². The van der Waals surface area contributed by atoms with Crippen molar-refractivity contribution in [2.24, 2.45) is 0 Å². The molecule has 0 N–H and O–H groups in total. The predicted octanol–water partition coefficient (Wildman–Crippen LogP) is 3.25. The van der Waals surface area contributed by atoms with Crippen LogP contribution < -0.4 is 0 Å². The van der Waals surface area contributed by atoms with Gasteiger partial charge in [-0.2, -0.15) is 0 Å². The molecular weight excluding hydrogens is 360 g/mol. The van der Waals surface area contributed by atoms with Gasteiger partial charge in [-0.1, -0.05) is 30.3 Å². The monoisotopic (exact) mass is 388 g/mol. The van der Waals surface area contributed by atoms with E-state index in [0.717, 1.165) is 39.1 Å². The van der Waals surface area contributed by atoms with E-state index in [2.05, 4.69) is 38.7 Å². The molecule has 1 atom stereocenters. The van der Waals surface area contributed by atoms with Crippen LogP contribution in [-0.2, 0) is 11.2 Å². The molecule has 4 rings (SSSR count). The Labute approximate surface area is 172 Å². The molecule has 1 fully saturated rings. The van der Waals surface area contributed by atoms with E-state index in [4.69, 9.17) is 0 Å². The summed E-state index contributed by atoms with van der Waals surface area (Å²) < 4.78 is 2.14. The van der Waals surface area contributed by atoms with Crippen LogP contribution in [0.25, 0.3) is 0 Å². The SMILES string of the molecule is O=C(CC(c1ccccc1)n1cccc1)N1CCN(CCc2ccncc2)CC1. The third kappa shape index (κ3) is 5.12. The minimum Gasteiger partial charge on any atom is -0.346 e. The second-order valence-corrected chi connectivity index (χ2v) is 7.59. The maximum absolute atomic E-state index is 13.1. The van der Waals surface area contributed by atoms with Gasteiger partial charge in [-0.25, -0.2) is 0 Å². The Kier molecular flexibility index (Phi) is 6.37. The third-order valence-electron chi connectivity index (χ3n) is 5.73. The number of rotatable bonds is 7. The highest BCUT2D eigenvalue weighted by Gasteiger charge is 2.24. The molecule has 2 aromatic heterocycles. The summed E-state index contributed by atoms with van der Waals surface area (Å²) in [6.45, 7) is 4.53. The molecule has 29 heavy (non-hydrogen) atoms. The second-order valence-electron chi connectivity index (χ2n) is 7.59. The van der Waals surface area contributed by atoms with Crippen molar-refractivity contribution in [2.45, 2.75) is 18.9 Å². The summed E-state index contributed by atoms with van der Waals surface area (Å²) in [7, 11) is 0. The first kappa shape index (κ1) is 19.4. The van der Waals surface area contributed by atoms with E-state index in [1.54, 1.807) is 0 Å². The average molecular weight is 389 g/mol. The number of carbonyl (C=O) groups is 1. The topological polar surface area (TPSA) is 41.4 Å². The molecule has 0 spiro atoms. The number of nitrogens with zero attached hydrogens (tertiary/aromatic N) is 4. The average Bonchev–Trinajstić information content (AvgIpc) is 3.32. The van der Waals surface area contributed by atoms with Crippen molar-refractivity contribution in [1.29, 1.82) is 0 Å². The normalized spacial score (nSPS) is 15.9. The Morgan fingerprint density at radius 2 is 1.59 bits per heavy atom. The molecule has 0 bridgehead atoms. The lowest BCUT2D eigenvalue weighted by Crippen LogP contribution is -2.49. The zero-order chi connectivity index (χ0) is 19.9. The van der Waals surface area contributed by atoms with Crippen LogP contribution in [0.5, 0.6) is 0 Å². The van der Waals surface area contributed by atoms with E-state index in [0.29, 0.717) is 6.42 Å². The van der Waals surface area contributed by atoms with E-state index >= 15 is 0 Å². The fourth-order valence-electron chi connectivity index (χ4n) is 3.98. The molecule has 1 unspecified atom stereocenters. The maximum Gasteiger partial charge on any atom is 0.225 e. The lowest BCUT2D eigenvalue weighted by atomic mass is 10.0. The number of hydrogen-bond donors (Lipinski definition) is 0. The Balaban J connectivity index is 1.31. The zero-order valence-electron chi connectivity index (χ0n) is 16.7. The summed E-state index contributed by atoms with van der Waals surface area (Å²) in [4.78, 5) is 21.6. The number of piperazine rings is 1. The lowest BCUT2D eigenvalue weighted by molar-refractivity contribution is -0.133. The minimum absolute atomic E-state index is 0.0448. The summed E-state index contributed by atoms with van der Waals surface area (Å²) in [6.07, 6.45) is 9.31. The highest BCUT2D eigenvalue weighted by Crippen LogP contribution is 2.23. The van der Waals surface area contributed by atoms with Crippen LogP contribution in [0.1, 0.15) is 23.6 Å². The summed E-state index contributed by atoms with van der Waals surface area (Å²) >= 11 is 0. The molecule has 0 radical (unpaired) electrons. The Hall–Kier alpha value is -2.92. The molecule has 1 saturated heterocycles. The highest BCUT2D eigenvalue weighted by atomic mass is 16.2. The van der Waals surface area contributed by atoms with Gasteiger partial charge in [0.2, 0.25) is 5.91 Å². The van der Waals surface area contributed by atoms with Crippen molar-refractivity contribution < 1.29 is 4.79 Å². The van der Waals surface area contributed by atoms with Gasteiger partial charge in [-0.05, 0) is 41.8 Å². The molecule has 3 heterocycles. The molecule has 5 nitrogen and oxygen atoms in total. The van der Waals surface area contributed by atoms with Crippen LogP contribution >= 0.6 is 0 Å². The van der Waals surface area contributed by atoms with Crippen molar-refractivity contribution in [3.8, 4) is 0 Å². The molecule has 5 heteroatoms. The Morgan fingerprint density at radius 3 is 2.28 bits per heavy atom. The quantitative estimate of drug-likeness (QED) is 0.624. The summed E-state index contributed by atoms with van der Waals surface area (Å²) in [5, 5.41) is 0. The fourth-order valence-corrected chi connectivity index (χ4v) is 3.98. The lowest BCUT2D eigenvalue weighted by Gasteiger charge is -2.35. The Bertz CT molecular complexity index is 872. The number of aromatic nitrogens is 2. The molecule has 1 aliphatic rings. The van der Waals surface area contributed by atoms with Gasteiger partial charge >= 0.3 is 0 Å². The van der Waals surface area contributed by atoms with Crippen molar-refractivity contribution in [3.05, 3.63) is 90.5 Å². The first-order chi connectivity index (χ1) is 14.3. The summed E-state index contributed by atoms with van der Waals surface area (Å²) in [5.74, 6) is 0.237. The van der Waals surface area contributed by atoms with E-state index in [9.17, 15) is 4.79 Å². The van der Waals surface area contributed by atoms with Crippen molar-refractivity contribution >= 4 is 5.91 Å². The van der Waals surface area contributed by atoms with Crippen LogP contribution in [0.2, 0.25) is 0 Å². The Morgan fingerprint density at radius 1 is 0.897 bits per heavy atom. The molecule has 150 valence electrons. The van der Waals surface area contributed by atoms with E-state index in [-0.39, 0.29) is 11.9 Å². The summed E-state index contributed by atoms with van der Waals surface area (Å²) in [5.41, 5.74) is 2.49. The van der Waals surface area contributed by atoms with Crippen LogP contribution in [0.15, 0.2) is 79.4 Å². The first-order valence-corrected chi connectivity index (χ1v) is 10.4. The van der Waals surface area contributed by atoms with Crippen molar-refractivity contribution in [1.82, 2.24) is 19.4 Å². The molecular formula is C24H28N4O. The second kappa shape index (κ2) is 9.52. The molecule has 0 saturated carbocycles. The number of pyridine rings is 1. The number of amides is 1. The molecule has 3 aromatic rings. The summed E-state index contributed by atoms with van der Waals surface area (Å²) in [6, 6.07) is 18.5. The predicted molar refractivity (Wildman–Crippen MR) is 115 cm³/mol. The van der Waals surface area contributed by atoms with Gasteiger partial charge in [0.05, 0.1) is 12.5 Å². The first-order valence-electron chi connectivity index (χ1n) is 10.4. The van der Waals surface area contributed by atoms with Crippen molar-refractivity contribution in [3.63, 3.8) is 0 Å². The molecule has 0 aliphatic carbocycles. The number of carbonyl (C=O) groups excluding carboxylic acids is 1. The van der Waals surface area contributed by atoms with Crippen LogP contribution in [0.4, 0.5) is 0 Å². The van der Waals surface area contributed by atoms with Gasteiger partial charge < -0.3 is 9.47 Å². The van der Waals surface area contributed by atoms with Gasteiger partial charge in [0.25, 0.3) is 0 Å². The van der Waals surface area contributed by atoms with E-state index in [1.165, 1.54) is 11.1 Å². The number of hydrogen-bond acceptors (Lipinski definition) is 3. The van der Waals surface area contributed by atoms with Crippen LogP contribution in [-0.4, -0.2) is 58.0 Å². The van der Waals surface area contributed by atoms with Gasteiger partial charge in [0.1, 0.15) is 0 Å². The van der Waals surface area contributed by atoms with Gasteiger partial charge in [0.15, 0.2) is 0 Å². The van der Waals surface area contributed by atoms with Gasteiger partial charge in [0, 0.05) is 57.5 Å². The smallest absolute Gasteiger partial charge is 0.225 e. The van der Waals surface area contributed by atoms with Crippen LogP contribution in [0, 0.1) is 0 Å². The van der Waals surface area contributed by atoms with Gasteiger partial charge in [-0.15, -0.1) is 0 Å². The zero-order valence-corrected chi connectivity index (χ0v) is 16.7.